The molecule has 1 saturated heterocycles. The first kappa shape index (κ1) is 27.2. The lowest BCUT2D eigenvalue weighted by Crippen LogP contribution is -2.59. The molecular weight excluding hydrogens is 470 g/mol. The number of amides is 1. The fourth-order valence-corrected chi connectivity index (χ4v) is 7.96. The summed E-state index contributed by atoms with van der Waals surface area (Å²) in [6, 6.07) is 9.93. The first-order valence-corrected chi connectivity index (χ1v) is 13.4. The van der Waals surface area contributed by atoms with E-state index in [2.05, 4.69) is 10.3 Å². The summed E-state index contributed by atoms with van der Waals surface area (Å²) in [5, 5.41) is 21.9. The van der Waals surface area contributed by atoms with E-state index in [4.69, 9.17) is 9.16 Å². The Morgan fingerprint density at radius 3 is 2.26 bits per heavy atom. The Morgan fingerprint density at radius 1 is 1.14 bits per heavy atom. The van der Waals surface area contributed by atoms with Crippen molar-refractivity contribution in [2.45, 2.75) is 76.2 Å². The number of nitrogens with zero attached hydrogens (tertiary/aromatic N) is 2. The predicted molar refractivity (Wildman–Crippen MR) is 132 cm³/mol. The van der Waals surface area contributed by atoms with Crippen molar-refractivity contribution in [2.24, 2.45) is 0 Å². The van der Waals surface area contributed by atoms with Gasteiger partial charge in [0.15, 0.2) is 6.23 Å². The summed E-state index contributed by atoms with van der Waals surface area (Å²) < 4.78 is 13.2. The average molecular weight is 506 g/mol. The monoisotopic (exact) mass is 505 g/mol. The molecule has 2 heterocycles. The van der Waals surface area contributed by atoms with Gasteiger partial charge in [0.1, 0.15) is 24.1 Å². The van der Waals surface area contributed by atoms with Crippen LogP contribution in [0.3, 0.4) is 0 Å². The average Bonchev–Trinajstić information content (AvgIpc) is 3.08. The zero-order chi connectivity index (χ0) is 26.2. The second-order valence-electron chi connectivity index (χ2n) is 10.8. The number of hydrogen-bond donors (Lipinski definition) is 4. The van der Waals surface area contributed by atoms with E-state index in [0.29, 0.717) is 5.56 Å². The van der Waals surface area contributed by atoms with E-state index < -0.39 is 61.4 Å². The van der Waals surface area contributed by atoms with Crippen LogP contribution in [-0.4, -0.2) is 63.9 Å². The Kier molecular flexibility index (Phi) is 7.70. The van der Waals surface area contributed by atoms with Crippen molar-refractivity contribution in [3.05, 3.63) is 58.6 Å². The van der Waals surface area contributed by atoms with Gasteiger partial charge in [-0.05, 0) is 18.2 Å². The van der Waals surface area contributed by atoms with Gasteiger partial charge in [0, 0.05) is 21.8 Å². The molecule has 1 fully saturated rings. The fourth-order valence-electron chi connectivity index (χ4n) is 4.35. The molecule has 11 heteroatoms. The first-order chi connectivity index (χ1) is 16.2. The van der Waals surface area contributed by atoms with E-state index in [1.165, 1.54) is 12.3 Å². The van der Waals surface area contributed by atoms with Crippen molar-refractivity contribution in [3.8, 4) is 0 Å². The molecule has 1 amide bonds. The van der Waals surface area contributed by atoms with Crippen LogP contribution in [0.5, 0.6) is 0 Å². The number of aliphatic hydroxyl groups is 2. The van der Waals surface area contributed by atoms with Crippen molar-refractivity contribution in [1.82, 2.24) is 9.55 Å². The maximum absolute atomic E-state index is 12.9. The molecule has 2 aromatic rings. The summed E-state index contributed by atoms with van der Waals surface area (Å²) >= 11 is 0. The molecule has 0 saturated carbocycles. The Labute approximate surface area is 205 Å². The third kappa shape index (κ3) is 5.40. The third-order valence-corrected chi connectivity index (χ3v) is 10.9. The number of benzene rings is 1. The van der Waals surface area contributed by atoms with Gasteiger partial charge in [-0.15, -0.1) is 0 Å². The minimum atomic E-state index is -3.58. The lowest BCUT2D eigenvalue weighted by Gasteiger charge is -2.47. The molecule has 35 heavy (non-hydrogen) atoms. The lowest BCUT2D eigenvalue weighted by molar-refractivity contribution is -0.0567. The normalized spacial score (nSPS) is 23.3. The number of anilines is 1. The topological polar surface area (TPSA) is 143 Å². The molecule has 0 bridgehead atoms. The van der Waals surface area contributed by atoms with Crippen LogP contribution in [0.1, 0.15) is 58.1 Å². The summed E-state index contributed by atoms with van der Waals surface area (Å²) in [4.78, 5) is 41.0. The molecule has 1 aromatic heterocycles. The number of rotatable bonds is 6. The summed E-state index contributed by atoms with van der Waals surface area (Å²) in [6.07, 6.45) is -3.22. The van der Waals surface area contributed by atoms with E-state index in [9.17, 15) is 24.6 Å². The molecule has 192 valence electrons. The molecule has 1 aromatic carbocycles. The summed E-state index contributed by atoms with van der Waals surface area (Å²) in [5.74, 6) is -0.374. The van der Waals surface area contributed by atoms with E-state index >= 15 is 0 Å². The quantitative estimate of drug-likeness (QED) is 0.438. The smallest absolute Gasteiger partial charge is 0.351 e. The standard InChI is InChI=1S/C24H35N3O7Si/c1-23(2,3)35(32,24(4,5)6)34-19-18(29)16(14-28)33-21(19)27-13-12-17(26-22(27)31)25-20(30)15-10-8-7-9-11-15/h7-13,16,18-19,21,28-29,32H,14H2,1-6H3,(H,25,26,30,31). The fraction of sp³-hybridized carbons (Fsp3) is 0.542. The molecule has 1 aliphatic rings. The van der Waals surface area contributed by atoms with Gasteiger partial charge in [-0.1, -0.05) is 59.7 Å². The van der Waals surface area contributed by atoms with Crippen molar-refractivity contribution in [1.29, 1.82) is 0 Å². The molecule has 10 nitrogen and oxygen atoms in total. The molecule has 3 rings (SSSR count). The van der Waals surface area contributed by atoms with Crippen LogP contribution in [-0.2, 0) is 9.16 Å². The molecule has 0 radical (unpaired) electrons. The van der Waals surface area contributed by atoms with E-state index in [1.54, 1.807) is 30.3 Å². The van der Waals surface area contributed by atoms with Crippen LogP contribution in [0, 0.1) is 0 Å². The first-order valence-electron chi connectivity index (χ1n) is 11.5. The molecule has 0 aliphatic carbocycles. The number of aliphatic hydroxyl groups excluding tert-OH is 2. The van der Waals surface area contributed by atoms with Gasteiger partial charge < -0.3 is 29.5 Å². The highest BCUT2D eigenvalue weighted by Gasteiger charge is 2.60. The van der Waals surface area contributed by atoms with Crippen LogP contribution in [0.4, 0.5) is 5.82 Å². The summed E-state index contributed by atoms with van der Waals surface area (Å²) in [7, 11) is -3.58. The maximum Gasteiger partial charge on any atom is 0.351 e. The van der Waals surface area contributed by atoms with Gasteiger partial charge in [0.05, 0.1) is 6.61 Å². The highest BCUT2D eigenvalue weighted by Crippen LogP contribution is 2.51. The van der Waals surface area contributed by atoms with Crippen molar-refractivity contribution < 1.29 is 29.0 Å². The van der Waals surface area contributed by atoms with E-state index in [0.717, 1.165) is 4.57 Å². The molecule has 1 aliphatic heterocycles. The summed E-state index contributed by atoms with van der Waals surface area (Å²) in [5.41, 5.74) is -0.342. The second kappa shape index (κ2) is 9.92. The Hall–Kier alpha value is -2.41. The highest BCUT2D eigenvalue weighted by molar-refractivity contribution is 6.72. The van der Waals surface area contributed by atoms with Crippen LogP contribution in [0.2, 0.25) is 10.1 Å². The van der Waals surface area contributed by atoms with Gasteiger partial charge >= 0.3 is 14.3 Å². The SMILES string of the molecule is CC(C)(C)[Si](O)(OC1C(O)C(CO)OC1n1ccc(NC(=O)c2ccccc2)nc1=O)C(C)(C)C. The molecule has 0 spiro atoms. The lowest BCUT2D eigenvalue weighted by atomic mass is 10.1. The van der Waals surface area contributed by atoms with Gasteiger partial charge in [-0.2, -0.15) is 4.98 Å². The van der Waals surface area contributed by atoms with E-state index in [1.807, 2.05) is 41.5 Å². The molecular formula is C24H35N3O7Si. The minimum Gasteiger partial charge on any atom is -0.410 e. The number of ether oxygens (including phenoxy) is 1. The van der Waals surface area contributed by atoms with E-state index in [-0.39, 0.29) is 5.82 Å². The zero-order valence-electron chi connectivity index (χ0n) is 20.9. The van der Waals surface area contributed by atoms with Gasteiger partial charge in [-0.3, -0.25) is 9.36 Å². The van der Waals surface area contributed by atoms with Gasteiger partial charge in [0.2, 0.25) is 0 Å². The zero-order valence-corrected chi connectivity index (χ0v) is 21.9. The maximum atomic E-state index is 12.9. The highest BCUT2D eigenvalue weighted by atomic mass is 28.4. The number of nitrogens with one attached hydrogen (secondary N) is 1. The Bertz CT molecular complexity index is 1080. The molecule has 4 atom stereocenters. The van der Waals surface area contributed by atoms with Crippen molar-refractivity contribution >= 4 is 20.3 Å². The Balaban J connectivity index is 1.93. The van der Waals surface area contributed by atoms with Crippen molar-refractivity contribution in [3.63, 3.8) is 0 Å². The van der Waals surface area contributed by atoms with Crippen LogP contribution in [0.25, 0.3) is 0 Å². The number of hydrogen-bond acceptors (Lipinski definition) is 8. The number of carbonyl (C=O) groups excluding carboxylic acids is 1. The predicted octanol–water partition coefficient (Wildman–Crippen LogP) is 2.17. The summed E-state index contributed by atoms with van der Waals surface area (Å²) in [6.45, 7) is 10.7. The van der Waals surface area contributed by atoms with Crippen LogP contribution in [0.15, 0.2) is 47.4 Å². The largest absolute Gasteiger partial charge is 0.410 e. The van der Waals surface area contributed by atoms with Gasteiger partial charge in [0.25, 0.3) is 5.91 Å². The number of aromatic nitrogens is 2. The number of carbonyl (C=O) groups is 1. The molecule has 4 unspecified atom stereocenters. The second-order valence-corrected chi connectivity index (χ2v) is 15.3. The molecule has 4 N–H and O–H groups in total. The Morgan fingerprint density at radius 2 is 1.74 bits per heavy atom. The minimum absolute atomic E-state index is 0.0464. The third-order valence-electron chi connectivity index (χ3n) is 6.21. The van der Waals surface area contributed by atoms with Crippen LogP contribution < -0.4 is 11.0 Å². The van der Waals surface area contributed by atoms with Crippen LogP contribution >= 0.6 is 0 Å². The van der Waals surface area contributed by atoms with Gasteiger partial charge in [-0.25, -0.2) is 4.79 Å². The van der Waals surface area contributed by atoms with Crippen molar-refractivity contribution in [2.75, 3.05) is 11.9 Å².